The zero-order valence-electron chi connectivity index (χ0n) is 9.90. The Kier molecular flexibility index (Phi) is 8.08. The number of hydrogen-bond acceptors (Lipinski definition) is 0. The van der Waals surface area contributed by atoms with E-state index < -0.39 is 0 Å². The van der Waals surface area contributed by atoms with Gasteiger partial charge in [-0.2, -0.15) is 0 Å². The molecule has 0 bridgehead atoms. The van der Waals surface area contributed by atoms with Gasteiger partial charge in [0, 0.05) is 0 Å². The standard InChI is InChI=1S/C15H20/c1-5-8-10-12-14(4)15(7-3)13-11-9-6-2/h5-13H,4H2,1-3H3. The molecule has 0 atom stereocenters. The zero-order valence-corrected chi connectivity index (χ0v) is 9.90. The normalized spacial score (nSPS) is 13.9. The van der Waals surface area contributed by atoms with Crippen LogP contribution in [-0.2, 0) is 0 Å². The van der Waals surface area contributed by atoms with Crippen molar-refractivity contribution in [2.45, 2.75) is 20.8 Å². The molecule has 0 aliphatic rings. The summed E-state index contributed by atoms with van der Waals surface area (Å²) in [5.41, 5.74) is 2.17. The zero-order chi connectivity index (χ0) is 11.5. The summed E-state index contributed by atoms with van der Waals surface area (Å²) in [6.45, 7) is 10.0. The third kappa shape index (κ3) is 6.50. The fraction of sp³-hybridized carbons (Fsp3) is 0.200. The summed E-state index contributed by atoms with van der Waals surface area (Å²) >= 11 is 0. The van der Waals surface area contributed by atoms with Crippen molar-refractivity contribution in [1.29, 1.82) is 0 Å². The summed E-state index contributed by atoms with van der Waals surface area (Å²) in [6, 6.07) is 0. The van der Waals surface area contributed by atoms with Crippen LogP contribution in [0.15, 0.2) is 72.4 Å². The highest BCUT2D eigenvalue weighted by Crippen LogP contribution is 2.11. The fourth-order valence-corrected chi connectivity index (χ4v) is 1.04. The molecule has 0 unspecified atom stereocenters. The first-order chi connectivity index (χ1) is 7.26. The summed E-state index contributed by atoms with van der Waals surface area (Å²) in [7, 11) is 0. The van der Waals surface area contributed by atoms with Crippen LogP contribution in [0.4, 0.5) is 0 Å². The van der Waals surface area contributed by atoms with Crippen molar-refractivity contribution in [1.82, 2.24) is 0 Å². The minimum absolute atomic E-state index is 1.02. The molecule has 0 spiro atoms. The lowest BCUT2D eigenvalue weighted by molar-refractivity contribution is 1.51. The first-order valence-corrected chi connectivity index (χ1v) is 5.20. The smallest absolute Gasteiger partial charge is 0.0233 e. The van der Waals surface area contributed by atoms with Crippen LogP contribution in [0.25, 0.3) is 0 Å². The van der Waals surface area contributed by atoms with Crippen LogP contribution < -0.4 is 0 Å². The first kappa shape index (κ1) is 13.4. The van der Waals surface area contributed by atoms with E-state index in [2.05, 4.69) is 18.7 Å². The van der Waals surface area contributed by atoms with Crippen LogP contribution in [-0.4, -0.2) is 0 Å². The second-order valence-electron chi connectivity index (χ2n) is 3.04. The van der Waals surface area contributed by atoms with Crippen molar-refractivity contribution in [3.63, 3.8) is 0 Å². The predicted molar refractivity (Wildman–Crippen MR) is 70.8 cm³/mol. The molecule has 80 valence electrons. The van der Waals surface area contributed by atoms with Crippen LogP contribution in [0.3, 0.4) is 0 Å². The van der Waals surface area contributed by atoms with Crippen molar-refractivity contribution < 1.29 is 0 Å². The highest BCUT2D eigenvalue weighted by atomic mass is 14.0. The van der Waals surface area contributed by atoms with Crippen LogP contribution >= 0.6 is 0 Å². The van der Waals surface area contributed by atoms with E-state index >= 15 is 0 Å². The van der Waals surface area contributed by atoms with Gasteiger partial charge in [0.2, 0.25) is 0 Å². The Morgan fingerprint density at radius 2 is 1.33 bits per heavy atom. The summed E-state index contributed by atoms with van der Waals surface area (Å²) in [4.78, 5) is 0. The van der Waals surface area contributed by atoms with E-state index in [-0.39, 0.29) is 0 Å². The van der Waals surface area contributed by atoms with E-state index in [9.17, 15) is 0 Å². The van der Waals surface area contributed by atoms with Crippen molar-refractivity contribution in [3.05, 3.63) is 72.4 Å². The number of rotatable bonds is 5. The molecule has 0 heterocycles. The molecule has 0 saturated carbocycles. The van der Waals surface area contributed by atoms with Gasteiger partial charge >= 0.3 is 0 Å². The van der Waals surface area contributed by atoms with Crippen molar-refractivity contribution >= 4 is 0 Å². The van der Waals surface area contributed by atoms with E-state index in [0.29, 0.717) is 0 Å². The molecule has 0 fully saturated rings. The van der Waals surface area contributed by atoms with Crippen LogP contribution in [0.5, 0.6) is 0 Å². The van der Waals surface area contributed by atoms with Gasteiger partial charge in [-0.15, -0.1) is 0 Å². The third-order valence-electron chi connectivity index (χ3n) is 1.86. The van der Waals surface area contributed by atoms with Crippen molar-refractivity contribution in [2.75, 3.05) is 0 Å². The molecule has 0 rings (SSSR count). The molecular weight excluding hydrogens is 180 g/mol. The maximum absolute atomic E-state index is 4.01. The van der Waals surface area contributed by atoms with Gasteiger partial charge in [-0.25, -0.2) is 0 Å². The van der Waals surface area contributed by atoms with E-state index in [0.717, 1.165) is 11.1 Å². The lowest BCUT2D eigenvalue weighted by atomic mass is 10.1. The number of hydrogen-bond donors (Lipinski definition) is 0. The van der Waals surface area contributed by atoms with Gasteiger partial charge in [-0.05, 0) is 31.9 Å². The molecule has 0 aromatic carbocycles. The van der Waals surface area contributed by atoms with E-state index in [1.807, 2.05) is 63.3 Å². The molecule has 0 aliphatic heterocycles. The van der Waals surface area contributed by atoms with E-state index in [4.69, 9.17) is 0 Å². The van der Waals surface area contributed by atoms with Gasteiger partial charge in [0.05, 0.1) is 0 Å². The van der Waals surface area contributed by atoms with Crippen molar-refractivity contribution in [2.24, 2.45) is 0 Å². The SMILES string of the molecule is C=C(C=CC=CC)C(C=CC=CC)=CC. The molecule has 0 aromatic rings. The highest BCUT2D eigenvalue weighted by molar-refractivity contribution is 5.45. The Hall–Kier alpha value is -1.56. The minimum Gasteiger partial charge on any atom is -0.0912 e. The molecule has 0 heteroatoms. The van der Waals surface area contributed by atoms with Crippen LogP contribution in [0, 0.1) is 0 Å². The van der Waals surface area contributed by atoms with Crippen molar-refractivity contribution in [3.8, 4) is 0 Å². The maximum atomic E-state index is 4.01. The largest absolute Gasteiger partial charge is 0.0912 e. The number of allylic oxidation sites excluding steroid dienone is 11. The third-order valence-corrected chi connectivity index (χ3v) is 1.86. The second kappa shape index (κ2) is 9.01. The predicted octanol–water partition coefficient (Wildman–Crippen LogP) is 4.75. The average molecular weight is 200 g/mol. The Morgan fingerprint density at radius 1 is 0.800 bits per heavy atom. The lowest BCUT2D eigenvalue weighted by Crippen LogP contribution is -1.79. The van der Waals surface area contributed by atoms with Gasteiger partial charge in [0.25, 0.3) is 0 Å². The summed E-state index contributed by atoms with van der Waals surface area (Å²) in [5, 5.41) is 0. The molecule has 0 amide bonds. The minimum atomic E-state index is 1.02. The topological polar surface area (TPSA) is 0 Å². The fourth-order valence-electron chi connectivity index (χ4n) is 1.04. The lowest BCUT2D eigenvalue weighted by Gasteiger charge is -1.98. The maximum Gasteiger partial charge on any atom is -0.0233 e. The molecule has 0 saturated heterocycles. The summed E-state index contributed by atoms with van der Waals surface area (Å²) in [5.74, 6) is 0. The summed E-state index contributed by atoms with van der Waals surface area (Å²) < 4.78 is 0. The molecule has 0 N–H and O–H groups in total. The molecule has 15 heavy (non-hydrogen) atoms. The van der Waals surface area contributed by atoms with Gasteiger partial charge in [0.15, 0.2) is 0 Å². The van der Waals surface area contributed by atoms with Gasteiger partial charge in [-0.1, -0.05) is 61.3 Å². The van der Waals surface area contributed by atoms with Crippen LogP contribution in [0.1, 0.15) is 20.8 Å². The van der Waals surface area contributed by atoms with Gasteiger partial charge in [0.1, 0.15) is 0 Å². The van der Waals surface area contributed by atoms with E-state index in [1.54, 1.807) is 0 Å². The molecular formula is C15H20. The van der Waals surface area contributed by atoms with Crippen LogP contribution in [0.2, 0.25) is 0 Å². The molecule has 0 nitrogen and oxygen atoms in total. The monoisotopic (exact) mass is 200 g/mol. The summed E-state index contributed by atoms with van der Waals surface area (Å²) in [6.07, 6.45) is 18.1. The van der Waals surface area contributed by atoms with Gasteiger partial charge < -0.3 is 0 Å². The van der Waals surface area contributed by atoms with E-state index in [1.165, 1.54) is 0 Å². The molecule has 0 aromatic heterocycles. The molecule has 0 radical (unpaired) electrons. The first-order valence-electron chi connectivity index (χ1n) is 5.20. The Bertz CT molecular complexity index is 320. The Morgan fingerprint density at radius 3 is 1.80 bits per heavy atom. The molecule has 0 aliphatic carbocycles. The quantitative estimate of drug-likeness (QED) is 0.562. The van der Waals surface area contributed by atoms with Gasteiger partial charge in [-0.3, -0.25) is 0 Å². The second-order valence-corrected chi connectivity index (χ2v) is 3.04. The highest BCUT2D eigenvalue weighted by Gasteiger charge is 1.91. The Balaban J connectivity index is 4.50. The average Bonchev–Trinajstić information content (AvgIpc) is 2.24. The Labute approximate surface area is 93.7 Å².